The summed E-state index contributed by atoms with van der Waals surface area (Å²) in [4.78, 5) is 74.5. The summed E-state index contributed by atoms with van der Waals surface area (Å²) in [5.74, 6) is -3.57. The van der Waals surface area contributed by atoms with Crippen LogP contribution in [0.4, 0.5) is 27.1 Å². The largest absolute Gasteiger partial charge is 0.479 e. The number of aromatic carboxylic acids is 1. The SMILES string of the molecule is CN(C)c1cc(C(CCNC=O)CCNc2cccc(CSN3CCC(Nc4cccc(-c5sc(C(=O)O)c(OCC(=O)O)c5Cl)c4)CC3(C)C)c2F)ccc1N(C=O)C1CCC(=O)NC1=O. The molecule has 3 aromatic carbocycles. The molecule has 0 radical (unpaired) electrons. The highest BCUT2D eigenvalue weighted by atomic mass is 35.5. The Morgan fingerprint density at radius 1 is 1.06 bits per heavy atom. The molecule has 2 saturated heterocycles. The Balaban J connectivity index is 1.06. The summed E-state index contributed by atoms with van der Waals surface area (Å²) in [7, 11) is 3.68. The summed E-state index contributed by atoms with van der Waals surface area (Å²) in [6.45, 7) is 5.16. The van der Waals surface area contributed by atoms with E-state index >= 15 is 4.39 Å². The van der Waals surface area contributed by atoms with Crippen molar-refractivity contribution in [2.75, 3.05) is 60.8 Å². The molecule has 3 heterocycles. The Morgan fingerprint density at radius 3 is 2.51 bits per heavy atom. The van der Waals surface area contributed by atoms with Gasteiger partial charge in [-0.05, 0) is 93.3 Å². The van der Waals surface area contributed by atoms with Crippen LogP contribution < -0.4 is 35.8 Å². The van der Waals surface area contributed by atoms with Crippen molar-refractivity contribution in [3.05, 3.63) is 87.5 Å². The van der Waals surface area contributed by atoms with Gasteiger partial charge in [-0.1, -0.05) is 53.9 Å². The van der Waals surface area contributed by atoms with Crippen molar-refractivity contribution in [2.45, 2.75) is 81.7 Å². The minimum Gasteiger partial charge on any atom is -0.479 e. The third kappa shape index (κ3) is 12.6. The van der Waals surface area contributed by atoms with Gasteiger partial charge in [0.15, 0.2) is 17.2 Å². The predicted molar refractivity (Wildman–Crippen MR) is 260 cm³/mol. The van der Waals surface area contributed by atoms with Crippen LogP contribution in [-0.2, 0) is 29.7 Å². The number of nitrogens with one attached hydrogen (secondary N) is 4. The quantitative estimate of drug-likeness (QED) is 0.0185. The van der Waals surface area contributed by atoms with Crippen LogP contribution in [0.2, 0.25) is 5.02 Å². The summed E-state index contributed by atoms with van der Waals surface area (Å²) in [6.07, 6.45) is 4.37. The van der Waals surface area contributed by atoms with Crippen molar-refractivity contribution in [1.82, 2.24) is 14.9 Å². The highest BCUT2D eigenvalue weighted by molar-refractivity contribution is 7.96. The Bertz CT molecular complexity index is 2470. The molecule has 0 bridgehead atoms. The van der Waals surface area contributed by atoms with Gasteiger partial charge in [0.05, 0.1) is 21.9 Å². The molecule has 0 saturated carbocycles. The number of piperidine rings is 2. The number of ether oxygens (including phenoxy) is 1. The lowest BCUT2D eigenvalue weighted by Crippen LogP contribution is -2.52. The van der Waals surface area contributed by atoms with Crippen LogP contribution >= 0.6 is 34.9 Å². The first-order valence-electron chi connectivity index (χ1n) is 21.8. The molecule has 358 valence electrons. The van der Waals surface area contributed by atoms with Crippen LogP contribution in [-0.4, -0.2) is 109 Å². The van der Waals surface area contributed by atoms with Gasteiger partial charge in [0.1, 0.15) is 16.9 Å². The zero-order chi connectivity index (χ0) is 48.4. The summed E-state index contributed by atoms with van der Waals surface area (Å²) in [6, 6.07) is 17.7. The average molecular weight is 981 g/mol. The van der Waals surface area contributed by atoms with E-state index in [1.807, 2.05) is 55.4 Å². The standard InChI is InChI=1S/C47H55ClFN7O9S2/c1-47(2)23-33(52-32-9-5-7-30(21-32)43-40(48)42(65-24-39(60)61)44(67-43)46(63)64)17-20-56(47)66-25-31-8-6-10-34(41(31)49)51-19-16-28(15-18-50-26-57)29-11-12-35(37(22-29)54(3)4)55(27-58)36-13-14-38(59)53-45(36)62/h5-12,21-22,26-28,33,36,51-52H,13-20,23-25H2,1-4H3,(H,50,57)(H,60,61)(H,63,64)(H,53,59,62). The maximum Gasteiger partial charge on any atom is 0.349 e. The van der Waals surface area contributed by atoms with E-state index in [-0.39, 0.29) is 57.7 Å². The Kier molecular flexibility index (Phi) is 17.1. The maximum atomic E-state index is 16.1. The molecule has 1 aromatic heterocycles. The van der Waals surface area contributed by atoms with E-state index in [4.69, 9.17) is 21.4 Å². The molecule has 0 aliphatic carbocycles. The van der Waals surface area contributed by atoms with Crippen LogP contribution in [0.5, 0.6) is 5.75 Å². The fourth-order valence-corrected chi connectivity index (χ4v) is 11.1. The molecule has 0 spiro atoms. The Hall–Kier alpha value is -5.89. The van der Waals surface area contributed by atoms with Crippen LogP contribution in [0.15, 0.2) is 60.7 Å². The molecule has 2 aliphatic rings. The molecular formula is C47H55ClFN7O9S2. The Morgan fingerprint density at radius 2 is 1.82 bits per heavy atom. The lowest BCUT2D eigenvalue weighted by Gasteiger charge is -2.45. The number of amides is 4. The van der Waals surface area contributed by atoms with E-state index in [1.54, 1.807) is 36.2 Å². The van der Waals surface area contributed by atoms with Gasteiger partial charge in [0.25, 0.3) is 0 Å². The van der Waals surface area contributed by atoms with Gasteiger partial charge >= 0.3 is 11.9 Å². The molecule has 6 rings (SSSR count). The van der Waals surface area contributed by atoms with Crippen LogP contribution in [0, 0.1) is 5.82 Å². The predicted octanol–water partition coefficient (Wildman–Crippen LogP) is 7.43. The van der Waals surface area contributed by atoms with E-state index in [9.17, 15) is 33.9 Å². The Labute approximate surface area is 401 Å². The summed E-state index contributed by atoms with van der Waals surface area (Å²) >= 11 is 9.05. The van der Waals surface area contributed by atoms with E-state index < -0.39 is 30.5 Å². The minimum atomic E-state index is -1.27. The molecule has 16 nitrogen and oxygen atoms in total. The molecule has 20 heteroatoms. The number of nitrogens with zero attached hydrogens (tertiary/aromatic N) is 3. The number of carboxylic acids is 2. The molecule has 67 heavy (non-hydrogen) atoms. The molecular weight excluding hydrogens is 925 g/mol. The molecule has 6 N–H and O–H groups in total. The molecule has 3 unspecified atom stereocenters. The number of thiophene rings is 1. The number of benzene rings is 3. The number of imide groups is 1. The van der Waals surface area contributed by atoms with Gasteiger partial charge in [-0.15, -0.1) is 11.3 Å². The number of carbonyl (C=O) groups is 6. The summed E-state index contributed by atoms with van der Waals surface area (Å²) < 4.78 is 23.7. The van der Waals surface area contributed by atoms with Gasteiger partial charge in [-0.25, -0.2) is 18.3 Å². The van der Waals surface area contributed by atoms with Crippen molar-refractivity contribution in [3.8, 4) is 16.2 Å². The van der Waals surface area contributed by atoms with Crippen molar-refractivity contribution in [1.29, 1.82) is 0 Å². The maximum absolute atomic E-state index is 16.1. The number of anilines is 4. The van der Waals surface area contributed by atoms with E-state index in [0.29, 0.717) is 77.6 Å². The summed E-state index contributed by atoms with van der Waals surface area (Å²) in [5.41, 5.74) is 4.32. The fourth-order valence-electron chi connectivity index (χ4n) is 8.48. The molecule has 3 atom stereocenters. The van der Waals surface area contributed by atoms with Crippen LogP contribution in [0.25, 0.3) is 10.4 Å². The molecule has 4 amide bonds. The van der Waals surface area contributed by atoms with Gasteiger partial charge in [0, 0.05) is 68.7 Å². The lowest BCUT2D eigenvalue weighted by atomic mass is 9.89. The smallest absolute Gasteiger partial charge is 0.349 e. The normalized spacial score (nSPS) is 17.5. The molecule has 4 aromatic rings. The van der Waals surface area contributed by atoms with E-state index in [0.717, 1.165) is 42.0 Å². The van der Waals surface area contributed by atoms with Gasteiger partial charge in [-0.3, -0.25) is 24.5 Å². The second kappa shape index (κ2) is 22.7. The van der Waals surface area contributed by atoms with Gasteiger partial charge < -0.3 is 40.7 Å². The first-order chi connectivity index (χ1) is 32.0. The number of hydrogen-bond acceptors (Lipinski definition) is 13. The van der Waals surface area contributed by atoms with Crippen molar-refractivity contribution in [3.63, 3.8) is 0 Å². The number of hydrogen-bond donors (Lipinski definition) is 6. The highest BCUT2D eigenvalue weighted by Gasteiger charge is 2.36. The van der Waals surface area contributed by atoms with E-state index in [2.05, 4.69) is 39.4 Å². The van der Waals surface area contributed by atoms with Gasteiger partial charge in [-0.2, -0.15) is 0 Å². The second-order valence-corrected chi connectivity index (χ2v) is 19.6. The number of halogens is 2. The zero-order valence-corrected chi connectivity index (χ0v) is 40.0. The summed E-state index contributed by atoms with van der Waals surface area (Å²) in [5, 5.41) is 30.8. The zero-order valence-electron chi connectivity index (χ0n) is 37.6. The third-order valence-corrected chi connectivity index (χ3v) is 14.9. The minimum absolute atomic E-state index is 0.0387. The molecule has 2 fully saturated rings. The van der Waals surface area contributed by atoms with E-state index in [1.165, 1.54) is 4.90 Å². The van der Waals surface area contributed by atoms with Crippen LogP contribution in [0.3, 0.4) is 0 Å². The monoisotopic (exact) mass is 979 g/mol. The van der Waals surface area contributed by atoms with Crippen molar-refractivity contribution in [2.24, 2.45) is 0 Å². The second-order valence-electron chi connectivity index (χ2n) is 17.2. The van der Waals surface area contributed by atoms with Crippen molar-refractivity contribution < 1.29 is 48.1 Å². The number of aliphatic carboxylic acids is 1. The topological polar surface area (TPSA) is 210 Å². The molecule has 2 aliphatic heterocycles. The van der Waals surface area contributed by atoms with Crippen molar-refractivity contribution >= 4 is 94.2 Å². The average Bonchev–Trinajstić information content (AvgIpc) is 3.62. The first-order valence-corrected chi connectivity index (χ1v) is 23.9. The first kappa shape index (κ1) is 50.5. The van der Waals surface area contributed by atoms with Gasteiger partial charge in [0.2, 0.25) is 24.6 Å². The fraction of sp³-hybridized carbons (Fsp3) is 0.404. The van der Waals surface area contributed by atoms with Crippen LogP contribution in [0.1, 0.15) is 79.1 Å². The number of carboxylic acid groups (broad SMARTS) is 2. The highest BCUT2D eigenvalue weighted by Crippen LogP contribution is 2.46. The number of rotatable bonds is 23. The lowest BCUT2D eigenvalue weighted by molar-refractivity contribution is -0.139. The number of carbonyl (C=O) groups excluding carboxylic acids is 4. The third-order valence-electron chi connectivity index (χ3n) is 11.8.